The minimum atomic E-state index is -1.21. The molecular formula is C28H30FN5O4. The van der Waals surface area contributed by atoms with Gasteiger partial charge in [0.1, 0.15) is 17.9 Å². The molecule has 3 N–H and O–H groups in total. The molecule has 2 aromatic carbocycles. The fraction of sp³-hybridized carbons (Fsp3) is 0.429. The quantitative estimate of drug-likeness (QED) is 0.540. The molecule has 2 aliphatic heterocycles. The van der Waals surface area contributed by atoms with Crippen LogP contribution in [0.3, 0.4) is 0 Å². The lowest BCUT2D eigenvalue weighted by molar-refractivity contribution is -0.141. The number of rotatable bonds is 4. The number of anilines is 1. The highest BCUT2D eigenvalue weighted by Gasteiger charge is 2.56. The molecule has 2 heterocycles. The van der Waals surface area contributed by atoms with Crippen LogP contribution in [0.1, 0.15) is 47.9 Å². The number of aryl methyl sites for hydroxylation is 2. The van der Waals surface area contributed by atoms with Gasteiger partial charge in [0, 0.05) is 25.3 Å². The lowest BCUT2D eigenvalue weighted by Crippen LogP contribution is -2.48. The van der Waals surface area contributed by atoms with E-state index in [-0.39, 0.29) is 30.3 Å². The van der Waals surface area contributed by atoms with Gasteiger partial charge in [0.2, 0.25) is 5.91 Å². The number of hydrogen-bond acceptors (Lipinski definition) is 4. The summed E-state index contributed by atoms with van der Waals surface area (Å²) in [6.45, 7) is 0.00611. The number of nitrogens with zero attached hydrogens (tertiary/aromatic N) is 2. The summed E-state index contributed by atoms with van der Waals surface area (Å²) in [7, 11) is 1.53. The molecule has 2 aromatic rings. The number of nitrogens with one attached hydrogen (secondary N) is 3. The molecule has 6 rings (SSSR count). The third-order valence-corrected chi connectivity index (χ3v) is 8.39. The van der Waals surface area contributed by atoms with Gasteiger partial charge in [-0.1, -0.05) is 12.1 Å². The number of carbonyl (C=O) groups is 4. The van der Waals surface area contributed by atoms with Crippen molar-refractivity contribution in [2.24, 2.45) is 5.92 Å². The fourth-order valence-electron chi connectivity index (χ4n) is 6.28. The zero-order chi connectivity index (χ0) is 26.6. The van der Waals surface area contributed by atoms with E-state index in [0.29, 0.717) is 43.0 Å². The van der Waals surface area contributed by atoms with Crippen LogP contribution >= 0.6 is 0 Å². The summed E-state index contributed by atoms with van der Waals surface area (Å²) < 4.78 is 13.9. The molecule has 1 saturated heterocycles. The van der Waals surface area contributed by atoms with E-state index < -0.39 is 17.5 Å². The molecule has 4 aliphatic rings. The Kier molecular flexibility index (Phi) is 5.85. The molecular weight excluding hydrogens is 489 g/mol. The Bertz CT molecular complexity index is 1360. The second kappa shape index (κ2) is 9.11. The summed E-state index contributed by atoms with van der Waals surface area (Å²) in [4.78, 5) is 55.0. The van der Waals surface area contributed by atoms with Gasteiger partial charge in [0.25, 0.3) is 5.91 Å². The highest BCUT2D eigenvalue weighted by Crippen LogP contribution is 2.43. The van der Waals surface area contributed by atoms with Crippen molar-refractivity contribution in [3.05, 3.63) is 64.5 Å². The first-order chi connectivity index (χ1) is 18.3. The van der Waals surface area contributed by atoms with Crippen LogP contribution in [0.4, 0.5) is 19.7 Å². The van der Waals surface area contributed by atoms with E-state index in [1.807, 2.05) is 6.07 Å². The van der Waals surface area contributed by atoms with E-state index >= 15 is 0 Å². The van der Waals surface area contributed by atoms with Crippen LogP contribution in [0.5, 0.6) is 0 Å². The van der Waals surface area contributed by atoms with Gasteiger partial charge in [0.15, 0.2) is 0 Å². The first-order valence-corrected chi connectivity index (χ1v) is 13.1. The molecule has 9 nitrogen and oxygen atoms in total. The molecule has 1 spiro atoms. The summed E-state index contributed by atoms with van der Waals surface area (Å²) in [6.07, 6.45) is 4.44. The van der Waals surface area contributed by atoms with Crippen molar-refractivity contribution in [1.29, 1.82) is 0 Å². The topological polar surface area (TPSA) is 111 Å². The number of fused-ring (bicyclic) bond motifs is 3. The van der Waals surface area contributed by atoms with E-state index in [2.05, 4.69) is 16.0 Å². The SMILES string of the molecule is CNC(=O)Nc1ccc2c(c1)CC[C@]21NC(=O)N(CC(=O)N2Cc3ccc(F)cc3CC[C@H]2C2CC2)C1=O. The Morgan fingerprint density at radius 2 is 1.87 bits per heavy atom. The molecule has 2 atom stereocenters. The van der Waals surface area contributed by atoms with Gasteiger partial charge in [-0.3, -0.25) is 14.5 Å². The summed E-state index contributed by atoms with van der Waals surface area (Å²) in [5.41, 5.74) is 2.75. The van der Waals surface area contributed by atoms with E-state index in [9.17, 15) is 23.6 Å². The molecule has 0 radical (unpaired) electrons. The van der Waals surface area contributed by atoms with Gasteiger partial charge in [-0.15, -0.1) is 0 Å². The van der Waals surface area contributed by atoms with Crippen molar-refractivity contribution in [2.45, 2.75) is 56.7 Å². The lowest BCUT2D eigenvalue weighted by Gasteiger charge is -2.31. The second-order valence-corrected chi connectivity index (χ2v) is 10.7. The third-order valence-electron chi connectivity index (χ3n) is 8.39. The van der Waals surface area contributed by atoms with Gasteiger partial charge in [-0.25, -0.2) is 14.0 Å². The van der Waals surface area contributed by atoms with Crippen LogP contribution in [0.15, 0.2) is 36.4 Å². The number of urea groups is 2. The minimum absolute atomic E-state index is 0.00568. The van der Waals surface area contributed by atoms with Crippen molar-refractivity contribution < 1.29 is 23.6 Å². The maximum absolute atomic E-state index is 13.9. The van der Waals surface area contributed by atoms with E-state index in [1.54, 1.807) is 29.2 Å². The summed E-state index contributed by atoms with van der Waals surface area (Å²) in [6, 6.07) is 9.02. The number of benzene rings is 2. The molecule has 0 aromatic heterocycles. The van der Waals surface area contributed by atoms with Crippen LogP contribution in [-0.4, -0.2) is 53.3 Å². The van der Waals surface area contributed by atoms with Gasteiger partial charge >= 0.3 is 12.1 Å². The van der Waals surface area contributed by atoms with Crippen LogP contribution in [0.2, 0.25) is 0 Å². The molecule has 1 saturated carbocycles. The predicted octanol–water partition coefficient (Wildman–Crippen LogP) is 3.02. The maximum Gasteiger partial charge on any atom is 0.325 e. The highest BCUT2D eigenvalue weighted by atomic mass is 19.1. The second-order valence-electron chi connectivity index (χ2n) is 10.7. The zero-order valence-corrected chi connectivity index (χ0v) is 21.2. The first kappa shape index (κ1) is 24.4. The molecule has 198 valence electrons. The van der Waals surface area contributed by atoms with Gasteiger partial charge < -0.3 is 20.9 Å². The number of hydrogen-bond donors (Lipinski definition) is 3. The van der Waals surface area contributed by atoms with Gasteiger partial charge in [-0.2, -0.15) is 0 Å². The Morgan fingerprint density at radius 3 is 2.63 bits per heavy atom. The number of carbonyl (C=O) groups excluding carboxylic acids is 4. The molecule has 38 heavy (non-hydrogen) atoms. The van der Waals surface area contributed by atoms with Crippen LogP contribution < -0.4 is 16.0 Å². The molecule has 2 fully saturated rings. The average molecular weight is 520 g/mol. The molecule has 0 bridgehead atoms. The average Bonchev–Trinajstić information content (AvgIpc) is 3.66. The maximum atomic E-state index is 13.9. The van der Waals surface area contributed by atoms with Crippen molar-refractivity contribution in [1.82, 2.24) is 20.4 Å². The summed E-state index contributed by atoms with van der Waals surface area (Å²) in [5, 5.41) is 8.09. The largest absolute Gasteiger partial charge is 0.341 e. The van der Waals surface area contributed by atoms with E-state index in [4.69, 9.17) is 0 Å². The number of amides is 6. The number of imide groups is 1. The zero-order valence-electron chi connectivity index (χ0n) is 21.2. The molecule has 6 amide bonds. The summed E-state index contributed by atoms with van der Waals surface area (Å²) in [5.74, 6) is -0.596. The Balaban J connectivity index is 1.23. The Labute approximate surface area is 219 Å². The molecule has 2 aliphatic carbocycles. The van der Waals surface area contributed by atoms with Crippen molar-refractivity contribution >= 4 is 29.6 Å². The normalized spacial score (nSPS) is 24.1. The third kappa shape index (κ3) is 4.08. The summed E-state index contributed by atoms with van der Waals surface area (Å²) >= 11 is 0. The van der Waals surface area contributed by atoms with E-state index in [1.165, 1.54) is 13.1 Å². The standard InChI is InChI=1S/C28H30FN5O4/c1-30-26(37)31-21-7-8-22-18(13-21)10-11-28(22)25(36)34(27(38)32-28)15-24(35)33-14-19-4-6-20(29)12-17(19)5-9-23(33)16-2-3-16/h4,6-8,12-13,16,23H,2-3,5,9-11,14-15H2,1H3,(H,32,38)(H2,30,31,37)/t23-,28-/m0/s1. The van der Waals surface area contributed by atoms with Crippen LogP contribution in [-0.2, 0) is 34.5 Å². The smallest absolute Gasteiger partial charge is 0.325 e. The van der Waals surface area contributed by atoms with Gasteiger partial charge in [0.05, 0.1) is 0 Å². The fourth-order valence-corrected chi connectivity index (χ4v) is 6.28. The van der Waals surface area contributed by atoms with Gasteiger partial charge in [-0.05, 0) is 91.0 Å². The molecule has 0 unspecified atom stereocenters. The Morgan fingerprint density at radius 1 is 1.05 bits per heavy atom. The lowest BCUT2D eigenvalue weighted by atomic mass is 9.91. The predicted molar refractivity (Wildman–Crippen MR) is 137 cm³/mol. The monoisotopic (exact) mass is 519 g/mol. The van der Waals surface area contributed by atoms with Crippen LogP contribution in [0.25, 0.3) is 0 Å². The minimum Gasteiger partial charge on any atom is -0.341 e. The molecule has 10 heteroatoms. The van der Waals surface area contributed by atoms with Crippen molar-refractivity contribution in [3.63, 3.8) is 0 Å². The first-order valence-electron chi connectivity index (χ1n) is 13.1. The number of halogens is 1. The van der Waals surface area contributed by atoms with E-state index in [0.717, 1.165) is 40.9 Å². The Hall–Kier alpha value is -3.95. The van der Waals surface area contributed by atoms with Crippen molar-refractivity contribution in [2.75, 3.05) is 18.9 Å². The van der Waals surface area contributed by atoms with Crippen LogP contribution in [0, 0.1) is 11.7 Å². The van der Waals surface area contributed by atoms with Crippen molar-refractivity contribution in [3.8, 4) is 0 Å². The highest BCUT2D eigenvalue weighted by molar-refractivity contribution is 6.10.